The summed E-state index contributed by atoms with van der Waals surface area (Å²) < 4.78 is 48.2. The molecule has 1 N–H and O–H groups in total. The molecule has 0 saturated heterocycles. The van der Waals surface area contributed by atoms with Gasteiger partial charge in [0.15, 0.2) is 0 Å². The third-order valence-corrected chi connectivity index (χ3v) is 4.59. The molecule has 0 aromatic carbocycles. The number of carboxylic acid groups (broad SMARTS) is 1. The Bertz CT molecular complexity index is 427. The highest BCUT2D eigenvalue weighted by atomic mass is 16.6. The van der Waals surface area contributed by atoms with Crippen molar-refractivity contribution in [2.75, 3.05) is 119 Å². The molecule has 0 bridgehead atoms. The fraction of sp³-hybridized carbons (Fsp3) is 0.960. The van der Waals surface area contributed by atoms with Gasteiger partial charge in [0.05, 0.1) is 106 Å². The lowest BCUT2D eigenvalue weighted by molar-refractivity contribution is -0.142. The van der Waals surface area contributed by atoms with Crippen molar-refractivity contribution in [1.29, 1.82) is 0 Å². The van der Waals surface area contributed by atoms with Gasteiger partial charge in [-0.3, -0.25) is 0 Å². The molecule has 0 fully saturated rings. The molecule has 0 aliphatic heterocycles. The summed E-state index contributed by atoms with van der Waals surface area (Å²) in [7, 11) is 0. The van der Waals surface area contributed by atoms with Crippen molar-refractivity contribution < 1.29 is 52.5 Å². The van der Waals surface area contributed by atoms with Crippen LogP contribution in [0.4, 0.5) is 0 Å². The van der Waals surface area contributed by atoms with Gasteiger partial charge in [-0.25, -0.2) is 4.79 Å². The van der Waals surface area contributed by atoms with E-state index >= 15 is 0 Å². The smallest absolute Gasteiger partial charge is 0.329 e. The highest BCUT2D eigenvalue weighted by Crippen LogP contribution is 2.02. The van der Waals surface area contributed by atoms with Crippen molar-refractivity contribution in [2.24, 2.45) is 0 Å². The van der Waals surface area contributed by atoms with E-state index in [0.717, 1.165) is 13.0 Å². The van der Waals surface area contributed by atoms with Gasteiger partial charge in [-0.1, -0.05) is 32.6 Å². The Labute approximate surface area is 216 Å². The van der Waals surface area contributed by atoms with Gasteiger partial charge >= 0.3 is 5.97 Å². The maximum atomic E-state index is 10.2. The largest absolute Gasteiger partial charge is 0.480 e. The second kappa shape index (κ2) is 32.1. The zero-order valence-electron chi connectivity index (χ0n) is 22.3. The minimum Gasteiger partial charge on any atom is -0.480 e. The van der Waals surface area contributed by atoms with E-state index in [0.29, 0.717) is 99.1 Å². The fourth-order valence-corrected chi connectivity index (χ4v) is 2.73. The zero-order valence-corrected chi connectivity index (χ0v) is 22.3. The van der Waals surface area contributed by atoms with Crippen molar-refractivity contribution in [3.8, 4) is 0 Å². The monoisotopic (exact) mass is 526 g/mol. The summed E-state index contributed by atoms with van der Waals surface area (Å²) in [6.45, 7) is 10.6. The van der Waals surface area contributed by atoms with E-state index in [-0.39, 0.29) is 13.2 Å². The Morgan fingerprint density at radius 3 is 1.00 bits per heavy atom. The van der Waals surface area contributed by atoms with Crippen LogP contribution < -0.4 is 0 Å². The van der Waals surface area contributed by atoms with E-state index in [1.54, 1.807) is 0 Å². The molecule has 0 aliphatic rings. The Balaban J connectivity index is 3.02. The average Bonchev–Trinajstić information content (AvgIpc) is 2.87. The van der Waals surface area contributed by atoms with Gasteiger partial charge in [-0.15, -0.1) is 0 Å². The number of rotatable bonds is 32. The van der Waals surface area contributed by atoms with Crippen LogP contribution in [-0.2, 0) is 47.4 Å². The SMILES string of the molecule is CCCCCCCOCCOCCOCCOCCOCCOCCOCCOCCOCC(=O)O. The first-order valence-corrected chi connectivity index (χ1v) is 13.2. The molecule has 36 heavy (non-hydrogen) atoms. The van der Waals surface area contributed by atoms with E-state index in [1.165, 1.54) is 25.7 Å². The molecule has 216 valence electrons. The van der Waals surface area contributed by atoms with Crippen LogP contribution in [0.5, 0.6) is 0 Å². The Morgan fingerprint density at radius 2 is 0.694 bits per heavy atom. The molecule has 0 aromatic heterocycles. The van der Waals surface area contributed by atoms with Gasteiger partial charge in [0.25, 0.3) is 0 Å². The fourth-order valence-electron chi connectivity index (χ4n) is 2.73. The average molecular weight is 527 g/mol. The molecule has 0 aliphatic carbocycles. The van der Waals surface area contributed by atoms with Gasteiger partial charge in [0.1, 0.15) is 6.61 Å². The number of unbranched alkanes of at least 4 members (excludes halogenated alkanes) is 4. The minimum absolute atomic E-state index is 0.250. The van der Waals surface area contributed by atoms with E-state index in [9.17, 15) is 4.79 Å². The third kappa shape index (κ3) is 33.1. The van der Waals surface area contributed by atoms with E-state index in [4.69, 9.17) is 47.7 Å². The number of hydrogen-bond acceptors (Lipinski definition) is 10. The predicted octanol–water partition coefficient (Wildman–Crippen LogP) is 2.19. The van der Waals surface area contributed by atoms with Gasteiger partial charge in [-0.05, 0) is 6.42 Å². The molecular weight excluding hydrogens is 476 g/mol. The predicted molar refractivity (Wildman–Crippen MR) is 134 cm³/mol. The van der Waals surface area contributed by atoms with E-state index in [2.05, 4.69) is 6.92 Å². The number of carbonyl (C=O) groups is 1. The highest BCUT2D eigenvalue weighted by molar-refractivity contribution is 5.67. The Hall–Kier alpha value is -0.890. The Kier molecular flexibility index (Phi) is 31.3. The standard InChI is InChI=1S/C25H50O11/c1-2-3-4-5-6-7-28-8-9-29-10-11-30-12-13-31-14-15-32-16-17-33-18-19-34-20-21-35-22-23-36-24-25(26)27/h2-24H2,1H3,(H,26,27). The van der Waals surface area contributed by atoms with Crippen LogP contribution in [0, 0.1) is 0 Å². The molecule has 11 heteroatoms. The zero-order chi connectivity index (χ0) is 26.2. The molecule has 0 radical (unpaired) electrons. The van der Waals surface area contributed by atoms with E-state index in [1.807, 2.05) is 0 Å². The molecule has 0 amide bonds. The molecule has 0 atom stereocenters. The topological polar surface area (TPSA) is 120 Å². The second-order valence-electron chi connectivity index (χ2n) is 7.76. The van der Waals surface area contributed by atoms with Gasteiger partial charge in [-0.2, -0.15) is 0 Å². The first-order valence-electron chi connectivity index (χ1n) is 13.2. The molecule has 11 nitrogen and oxygen atoms in total. The van der Waals surface area contributed by atoms with Crippen LogP contribution >= 0.6 is 0 Å². The molecular formula is C25H50O11. The molecule has 0 spiro atoms. The summed E-state index contributed by atoms with van der Waals surface area (Å²) in [5, 5.41) is 8.40. The van der Waals surface area contributed by atoms with Gasteiger partial charge < -0.3 is 47.7 Å². The van der Waals surface area contributed by atoms with Crippen LogP contribution in [0.2, 0.25) is 0 Å². The van der Waals surface area contributed by atoms with Crippen molar-refractivity contribution in [3.05, 3.63) is 0 Å². The summed E-state index contributed by atoms with van der Waals surface area (Å²) >= 11 is 0. The summed E-state index contributed by atoms with van der Waals surface area (Å²) in [4.78, 5) is 10.2. The first-order chi connectivity index (χ1) is 17.8. The van der Waals surface area contributed by atoms with Gasteiger partial charge in [0.2, 0.25) is 0 Å². The number of carboxylic acids is 1. The lowest BCUT2D eigenvalue weighted by Crippen LogP contribution is -2.15. The lowest BCUT2D eigenvalue weighted by atomic mass is 10.2. The first kappa shape index (κ1) is 35.1. The molecule has 0 saturated carbocycles. The summed E-state index contributed by atoms with van der Waals surface area (Å²) in [6, 6.07) is 0. The highest BCUT2D eigenvalue weighted by Gasteiger charge is 1.97. The number of hydrogen-bond donors (Lipinski definition) is 1. The Morgan fingerprint density at radius 1 is 0.417 bits per heavy atom. The van der Waals surface area contributed by atoms with Gasteiger partial charge in [0, 0.05) is 6.61 Å². The van der Waals surface area contributed by atoms with Crippen LogP contribution in [0.3, 0.4) is 0 Å². The van der Waals surface area contributed by atoms with Crippen molar-refractivity contribution >= 4 is 5.97 Å². The lowest BCUT2D eigenvalue weighted by Gasteiger charge is -2.08. The van der Waals surface area contributed by atoms with E-state index < -0.39 is 5.97 Å². The number of ether oxygens (including phenoxy) is 9. The maximum Gasteiger partial charge on any atom is 0.329 e. The van der Waals surface area contributed by atoms with Crippen molar-refractivity contribution in [3.63, 3.8) is 0 Å². The van der Waals surface area contributed by atoms with Crippen LogP contribution in [0.1, 0.15) is 39.0 Å². The minimum atomic E-state index is -0.990. The van der Waals surface area contributed by atoms with Crippen LogP contribution in [0.25, 0.3) is 0 Å². The molecule has 0 heterocycles. The summed E-state index contributed by atoms with van der Waals surface area (Å²) in [5.41, 5.74) is 0. The van der Waals surface area contributed by atoms with Crippen molar-refractivity contribution in [1.82, 2.24) is 0 Å². The maximum absolute atomic E-state index is 10.2. The second-order valence-corrected chi connectivity index (χ2v) is 7.76. The molecule has 0 aromatic rings. The summed E-state index contributed by atoms with van der Waals surface area (Å²) in [5.74, 6) is -0.990. The normalized spacial score (nSPS) is 11.4. The number of aliphatic carboxylic acids is 1. The third-order valence-electron chi connectivity index (χ3n) is 4.59. The van der Waals surface area contributed by atoms with Crippen LogP contribution in [0.15, 0.2) is 0 Å². The molecule has 0 unspecified atom stereocenters. The summed E-state index contributed by atoms with van der Waals surface area (Å²) in [6.07, 6.45) is 6.26. The van der Waals surface area contributed by atoms with Crippen LogP contribution in [-0.4, -0.2) is 130 Å². The van der Waals surface area contributed by atoms with Crippen molar-refractivity contribution in [2.45, 2.75) is 39.0 Å². The quantitative estimate of drug-likeness (QED) is 0.130. The molecule has 0 rings (SSSR count).